The van der Waals surface area contributed by atoms with Gasteiger partial charge in [-0.05, 0) is 19.4 Å². The fourth-order valence-electron chi connectivity index (χ4n) is 2.41. The van der Waals surface area contributed by atoms with Crippen LogP contribution in [0.25, 0.3) is 0 Å². The van der Waals surface area contributed by atoms with Crippen molar-refractivity contribution in [3.05, 3.63) is 23.8 Å². The molecule has 0 saturated carbocycles. The molecule has 1 aliphatic rings. The number of halogens is 1. The molecular weight excluding hydrogens is 296 g/mol. The van der Waals surface area contributed by atoms with Crippen molar-refractivity contribution in [2.24, 2.45) is 5.92 Å². The standard InChI is InChI=1S/C14H19BrO3/c1-9-11(6-7-18-9)14(15)12-5-4-10(16-2)8-13(12)17-3/h4-5,8-9,11,14H,6-7H2,1-3H3. The number of ether oxygens (including phenoxy) is 3. The summed E-state index contributed by atoms with van der Waals surface area (Å²) < 4.78 is 16.3. The van der Waals surface area contributed by atoms with E-state index in [-0.39, 0.29) is 10.9 Å². The molecule has 0 spiro atoms. The van der Waals surface area contributed by atoms with E-state index in [4.69, 9.17) is 14.2 Å². The summed E-state index contributed by atoms with van der Waals surface area (Å²) in [6, 6.07) is 5.94. The maximum Gasteiger partial charge on any atom is 0.126 e. The summed E-state index contributed by atoms with van der Waals surface area (Å²) in [4.78, 5) is 0.246. The van der Waals surface area contributed by atoms with E-state index in [2.05, 4.69) is 28.9 Å². The number of hydrogen-bond donors (Lipinski definition) is 0. The second-order valence-electron chi connectivity index (χ2n) is 4.54. The highest BCUT2D eigenvalue weighted by atomic mass is 79.9. The Morgan fingerprint density at radius 2 is 2.11 bits per heavy atom. The van der Waals surface area contributed by atoms with Crippen molar-refractivity contribution < 1.29 is 14.2 Å². The highest BCUT2D eigenvalue weighted by Crippen LogP contribution is 2.43. The van der Waals surface area contributed by atoms with Gasteiger partial charge in [0.2, 0.25) is 0 Å². The van der Waals surface area contributed by atoms with E-state index in [1.807, 2.05) is 12.1 Å². The van der Waals surface area contributed by atoms with Crippen molar-refractivity contribution in [3.63, 3.8) is 0 Å². The minimum atomic E-state index is 0.246. The summed E-state index contributed by atoms with van der Waals surface area (Å²) in [5.74, 6) is 2.15. The Morgan fingerprint density at radius 3 is 2.67 bits per heavy atom. The lowest BCUT2D eigenvalue weighted by atomic mass is 9.93. The lowest BCUT2D eigenvalue weighted by Crippen LogP contribution is -2.16. The number of benzene rings is 1. The number of rotatable bonds is 4. The molecule has 1 saturated heterocycles. The zero-order chi connectivity index (χ0) is 13.1. The Morgan fingerprint density at radius 1 is 1.33 bits per heavy atom. The van der Waals surface area contributed by atoms with E-state index >= 15 is 0 Å². The van der Waals surface area contributed by atoms with Gasteiger partial charge < -0.3 is 14.2 Å². The summed E-state index contributed by atoms with van der Waals surface area (Å²) in [7, 11) is 3.35. The Balaban J connectivity index is 2.26. The third-order valence-corrected chi connectivity index (χ3v) is 4.72. The molecule has 3 unspecified atom stereocenters. The SMILES string of the molecule is COc1ccc(C(Br)C2CCOC2C)c(OC)c1. The molecular formula is C14H19BrO3. The van der Waals surface area contributed by atoms with Crippen LogP contribution in [-0.4, -0.2) is 26.9 Å². The number of hydrogen-bond acceptors (Lipinski definition) is 3. The molecule has 0 radical (unpaired) electrons. The zero-order valence-corrected chi connectivity index (χ0v) is 12.6. The van der Waals surface area contributed by atoms with Crippen molar-refractivity contribution >= 4 is 15.9 Å². The first kappa shape index (κ1) is 13.7. The van der Waals surface area contributed by atoms with Gasteiger partial charge >= 0.3 is 0 Å². The molecule has 1 fully saturated rings. The summed E-state index contributed by atoms with van der Waals surface area (Å²) in [5.41, 5.74) is 1.15. The van der Waals surface area contributed by atoms with Crippen molar-refractivity contribution in [1.82, 2.24) is 0 Å². The van der Waals surface area contributed by atoms with Crippen LogP contribution in [-0.2, 0) is 4.74 Å². The van der Waals surface area contributed by atoms with Crippen LogP contribution in [0.4, 0.5) is 0 Å². The van der Waals surface area contributed by atoms with Gasteiger partial charge in [0.25, 0.3) is 0 Å². The van der Waals surface area contributed by atoms with Crippen LogP contribution in [0.3, 0.4) is 0 Å². The van der Waals surface area contributed by atoms with Gasteiger partial charge in [-0.3, -0.25) is 0 Å². The topological polar surface area (TPSA) is 27.7 Å². The molecule has 3 atom stereocenters. The van der Waals surface area contributed by atoms with Gasteiger partial charge in [-0.1, -0.05) is 22.0 Å². The summed E-state index contributed by atoms with van der Waals surface area (Å²) in [6.07, 6.45) is 1.35. The Labute approximate surface area is 117 Å². The van der Waals surface area contributed by atoms with E-state index < -0.39 is 0 Å². The minimum Gasteiger partial charge on any atom is -0.497 e. The second kappa shape index (κ2) is 5.93. The molecule has 100 valence electrons. The maximum absolute atomic E-state index is 5.63. The third-order valence-electron chi connectivity index (χ3n) is 3.55. The van der Waals surface area contributed by atoms with Crippen molar-refractivity contribution in [2.45, 2.75) is 24.3 Å². The smallest absolute Gasteiger partial charge is 0.126 e. The number of methoxy groups -OCH3 is 2. The lowest BCUT2D eigenvalue weighted by molar-refractivity contribution is 0.105. The molecule has 0 amide bonds. The first-order chi connectivity index (χ1) is 8.67. The normalized spacial score (nSPS) is 24.9. The molecule has 0 aromatic heterocycles. The fourth-order valence-corrected chi connectivity index (χ4v) is 3.48. The van der Waals surface area contributed by atoms with Gasteiger partial charge in [-0.2, -0.15) is 0 Å². The lowest BCUT2D eigenvalue weighted by Gasteiger charge is -2.22. The molecule has 0 bridgehead atoms. The Hall–Kier alpha value is -0.740. The molecule has 4 heteroatoms. The van der Waals surface area contributed by atoms with Gasteiger partial charge in [0.1, 0.15) is 11.5 Å². The molecule has 2 rings (SSSR count). The molecule has 1 aromatic rings. The zero-order valence-electron chi connectivity index (χ0n) is 11.0. The number of alkyl halides is 1. The Bertz CT molecular complexity index is 408. The summed E-state index contributed by atoms with van der Waals surface area (Å²) in [5, 5.41) is 0. The summed E-state index contributed by atoms with van der Waals surface area (Å²) in [6.45, 7) is 2.97. The van der Waals surface area contributed by atoms with Gasteiger partial charge in [0.05, 0.1) is 20.3 Å². The van der Waals surface area contributed by atoms with E-state index in [9.17, 15) is 0 Å². The van der Waals surface area contributed by atoms with Crippen LogP contribution >= 0.6 is 15.9 Å². The minimum absolute atomic E-state index is 0.246. The van der Waals surface area contributed by atoms with Crippen LogP contribution in [0.5, 0.6) is 11.5 Å². The quantitative estimate of drug-likeness (QED) is 0.795. The average molecular weight is 315 g/mol. The van der Waals surface area contributed by atoms with Crippen LogP contribution in [0, 0.1) is 5.92 Å². The van der Waals surface area contributed by atoms with Crippen LogP contribution in [0.1, 0.15) is 23.7 Å². The van der Waals surface area contributed by atoms with Gasteiger partial charge in [-0.25, -0.2) is 0 Å². The largest absolute Gasteiger partial charge is 0.497 e. The van der Waals surface area contributed by atoms with E-state index in [0.717, 1.165) is 30.1 Å². The van der Waals surface area contributed by atoms with E-state index in [0.29, 0.717) is 5.92 Å². The first-order valence-corrected chi connectivity index (χ1v) is 7.06. The maximum atomic E-state index is 5.63. The molecule has 0 aliphatic carbocycles. The van der Waals surface area contributed by atoms with Crippen LogP contribution in [0.15, 0.2) is 18.2 Å². The fraction of sp³-hybridized carbons (Fsp3) is 0.571. The van der Waals surface area contributed by atoms with Crippen molar-refractivity contribution in [1.29, 1.82) is 0 Å². The molecule has 1 heterocycles. The van der Waals surface area contributed by atoms with Gasteiger partial charge in [0.15, 0.2) is 0 Å². The predicted octanol–water partition coefficient (Wildman–Crippen LogP) is 3.56. The first-order valence-electron chi connectivity index (χ1n) is 6.15. The highest BCUT2D eigenvalue weighted by molar-refractivity contribution is 9.09. The molecule has 0 N–H and O–H groups in total. The molecule has 1 aliphatic heterocycles. The third kappa shape index (κ3) is 2.64. The predicted molar refractivity (Wildman–Crippen MR) is 74.7 cm³/mol. The average Bonchev–Trinajstić information content (AvgIpc) is 2.83. The Kier molecular flexibility index (Phi) is 4.51. The van der Waals surface area contributed by atoms with Gasteiger partial charge in [0, 0.05) is 29.0 Å². The van der Waals surface area contributed by atoms with Gasteiger partial charge in [-0.15, -0.1) is 0 Å². The summed E-state index contributed by atoms with van der Waals surface area (Å²) >= 11 is 3.79. The van der Waals surface area contributed by atoms with Crippen LogP contribution < -0.4 is 9.47 Å². The molecule has 18 heavy (non-hydrogen) atoms. The van der Waals surface area contributed by atoms with E-state index in [1.165, 1.54) is 0 Å². The molecule has 1 aromatic carbocycles. The van der Waals surface area contributed by atoms with Crippen molar-refractivity contribution in [3.8, 4) is 11.5 Å². The second-order valence-corrected chi connectivity index (χ2v) is 5.52. The monoisotopic (exact) mass is 314 g/mol. The van der Waals surface area contributed by atoms with E-state index in [1.54, 1.807) is 14.2 Å². The van der Waals surface area contributed by atoms with Crippen molar-refractivity contribution in [2.75, 3.05) is 20.8 Å². The highest BCUT2D eigenvalue weighted by Gasteiger charge is 2.32. The van der Waals surface area contributed by atoms with Crippen LogP contribution in [0.2, 0.25) is 0 Å². The molecule has 3 nitrogen and oxygen atoms in total.